The molecule has 2 saturated carbocycles. The van der Waals surface area contributed by atoms with Gasteiger partial charge in [0.05, 0.1) is 11.7 Å². The Labute approximate surface area is 153 Å². The molecule has 3 rings (SSSR count). The summed E-state index contributed by atoms with van der Waals surface area (Å²) in [4.78, 5) is 18.9. The molecule has 1 N–H and O–H groups in total. The summed E-state index contributed by atoms with van der Waals surface area (Å²) in [6.07, 6.45) is 7.33. The van der Waals surface area contributed by atoms with Crippen LogP contribution in [0.5, 0.6) is 0 Å². The number of Topliss-reactive ketones (excluding diaryl/α,β-unsaturated/α-hetero) is 1. The fourth-order valence-corrected chi connectivity index (χ4v) is 5.81. The quantitative estimate of drug-likeness (QED) is 0.808. The zero-order chi connectivity index (χ0) is 18.7. The summed E-state index contributed by atoms with van der Waals surface area (Å²) in [7, 11) is 0. The largest absolute Gasteiger partial charge is 0.388 e. The van der Waals surface area contributed by atoms with E-state index >= 15 is 0 Å². The molecular formula is C21H37NO3. The Hall–Kier alpha value is -0.450. The first-order valence-electron chi connectivity index (χ1n) is 10.1. The molecule has 1 aliphatic heterocycles. The molecule has 144 valence electrons. The van der Waals surface area contributed by atoms with E-state index in [-0.39, 0.29) is 34.3 Å². The normalized spacial score (nSPS) is 44.4. The zero-order valence-corrected chi connectivity index (χ0v) is 17.0. The Balaban J connectivity index is 1.80. The highest BCUT2D eigenvalue weighted by molar-refractivity contribution is 5.83. The van der Waals surface area contributed by atoms with Gasteiger partial charge in [-0.1, -0.05) is 13.8 Å². The van der Waals surface area contributed by atoms with Crippen LogP contribution in [0.3, 0.4) is 0 Å². The van der Waals surface area contributed by atoms with E-state index in [1.807, 2.05) is 6.92 Å². The van der Waals surface area contributed by atoms with Crippen molar-refractivity contribution in [3.05, 3.63) is 0 Å². The highest BCUT2D eigenvalue weighted by Gasteiger charge is 2.59. The molecule has 0 unspecified atom stereocenters. The molecule has 2 aliphatic carbocycles. The number of piperidine rings is 1. The summed E-state index contributed by atoms with van der Waals surface area (Å²) in [5.41, 5.74) is -1.10. The number of carbonyl (C=O) groups excluding carboxylic acids is 1. The van der Waals surface area contributed by atoms with Crippen molar-refractivity contribution < 1.29 is 14.7 Å². The molecule has 0 aromatic carbocycles. The lowest BCUT2D eigenvalue weighted by Crippen LogP contribution is -2.64. The molecule has 0 aromatic heterocycles. The molecule has 4 heteroatoms. The number of aliphatic hydroxyl groups is 1. The monoisotopic (exact) mass is 351 g/mol. The number of ketones is 1. The van der Waals surface area contributed by atoms with Crippen LogP contribution in [0.15, 0.2) is 0 Å². The van der Waals surface area contributed by atoms with Crippen molar-refractivity contribution in [1.82, 2.24) is 5.06 Å². The first kappa shape index (κ1) is 19.3. The van der Waals surface area contributed by atoms with Crippen molar-refractivity contribution in [1.29, 1.82) is 0 Å². The second-order valence-corrected chi connectivity index (χ2v) is 10.4. The molecule has 3 aliphatic rings. The van der Waals surface area contributed by atoms with E-state index in [0.717, 1.165) is 32.1 Å². The van der Waals surface area contributed by atoms with Crippen molar-refractivity contribution in [3.8, 4) is 0 Å². The third-order valence-corrected chi connectivity index (χ3v) is 7.66. The van der Waals surface area contributed by atoms with Gasteiger partial charge in [-0.15, -0.1) is 0 Å². The molecule has 1 saturated heterocycles. The van der Waals surface area contributed by atoms with E-state index in [1.54, 1.807) is 0 Å². The maximum atomic E-state index is 12.3. The minimum Gasteiger partial charge on any atom is -0.388 e. The Morgan fingerprint density at radius 3 is 2.24 bits per heavy atom. The number of hydroxylamine groups is 2. The van der Waals surface area contributed by atoms with Gasteiger partial charge in [-0.25, -0.2) is 0 Å². The van der Waals surface area contributed by atoms with E-state index in [2.05, 4.69) is 39.7 Å². The molecule has 25 heavy (non-hydrogen) atoms. The van der Waals surface area contributed by atoms with Crippen molar-refractivity contribution in [2.24, 2.45) is 11.3 Å². The minimum absolute atomic E-state index is 0.000873. The van der Waals surface area contributed by atoms with E-state index in [9.17, 15) is 9.90 Å². The molecule has 4 nitrogen and oxygen atoms in total. The van der Waals surface area contributed by atoms with Gasteiger partial charge >= 0.3 is 0 Å². The predicted molar refractivity (Wildman–Crippen MR) is 99.0 cm³/mol. The van der Waals surface area contributed by atoms with Gasteiger partial charge < -0.3 is 5.11 Å². The van der Waals surface area contributed by atoms with Gasteiger partial charge in [0.2, 0.25) is 0 Å². The van der Waals surface area contributed by atoms with Gasteiger partial charge in [-0.05, 0) is 71.6 Å². The van der Waals surface area contributed by atoms with Crippen LogP contribution in [0.4, 0.5) is 0 Å². The van der Waals surface area contributed by atoms with Crippen LogP contribution in [0.1, 0.15) is 92.9 Å². The van der Waals surface area contributed by atoms with E-state index in [1.165, 1.54) is 6.42 Å². The summed E-state index contributed by atoms with van der Waals surface area (Å²) in [6.45, 7) is 13.1. The number of carbonyl (C=O) groups is 1. The average molecular weight is 352 g/mol. The van der Waals surface area contributed by atoms with Crippen LogP contribution in [-0.2, 0) is 9.63 Å². The maximum absolute atomic E-state index is 12.3. The van der Waals surface area contributed by atoms with Crippen molar-refractivity contribution in [2.45, 2.75) is 116 Å². The van der Waals surface area contributed by atoms with Crippen LogP contribution in [0.25, 0.3) is 0 Å². The lowest BCUT2D eigenvalue weighted by molar-refractivity contribution is -0.324. The van der Waals surface area contributed by atoms with E-state index in [0.29, 0.717) is 12.8 Å². The number of fused-ring (bicyclic) bond motifs is 1. The summed E-state index contributed by atoms with van der Waals surface area (Å²) in [5, 5.41) is 13.7. The third kappa shape index (κ3) is 3.08. The van der Waals surface area contributed by atoms with Crippen molar-refractivity contribution in [3.63, 3.8) is 0 Å². The topological polar surface area (TPSA) is 49.8 Å². The van der Waals surface area contributed by atoms with Gasteiger partial charge in [-0.2, -0.15) is 5.06 Å². The molecular weight excluding hydrogens is 314 g/mol. The SMILES string of the molecule is C[C@H]1C(=O)CC[C@@]2(C)CC[C@@H](ON3C(C)(C)CCCC3(C)C)C[C@@]12O. The van der Waals surface area contributed by atoms with Crippen LogP contribution in [0, 0.1) is 11.3 Å². The second kappa shape index (κ2) is 6.03. The van der Waals surface area contributed by atoms with Gasteiger partial charge in [0.25, 0.3) is 0 Å². The summed E-state index contributed by atoms with van der Waals surface area (Å²) in [6, 6.07) is 0. The average Bonchev–Trinajstić information content (AvgIpc) is 2.50. The number of rotatable bonds is 2. The van der Waals surface area contributed by atoms with Crippen molar-refractivity contribution >= 4 is 5.78 Å². The Morgan fingerprint density at radius 1 is 1.04 bits per heavy atom. The predicted octanol–water partition coefficient (Wildman–Crippen LogP) is 4.25. The second-order valence-electron chi connectivity index (χ2n) is 10.4. The summed E-state index contributed by atoms with van der Waals surface area (Å²) >= 11 is 0. The highest BCUT2D eigenvalue weighted by Crippen LogP contribution is 2.55. The fourth-order valence-electron chi connectivity index (χ4n) is 5.81. The maximum Gasteiger partial charge on any atom is 0.138 e. The van der Waals surface area contributed by atoms with Gasteiger partial charge in [0.15, 0.2) is 0 Å². The molecule has 4 atom stereocenters. The Kier molecular flexibility index (Phi) is 4.66. The molecule has 0 amide bonds. The van der Waals surface area contributed by atoms with Crippen LogP contribution < -0.4 is 0 Å². The van der Waals surface area contributed by atoms with Gasteiger partial charge in [-0.3, -0.25) is 9.63 Å². The lowest BCUT2D eigenvalue weighted by Gasteiger charge is -2.58. The summed E-state index contributed by atoms with van der Waals surface area (Å²) < 4.78 is 0. The molecule has 0 spiro atoms. The Morgan fingerprint density at radius 2 is 1.64 bits per heavy atom. The van der Waals surface area contributed by atoms with Crippen LogP contribution >= 0.6 is 0 Å². The molecule has 0 radical (unpaired) electrons. The Bertz CT molecular complexity index is 527. The van der Waals surface area contributed by atoms with Gasteiger partial charge in [0, 0.05) is 29.8 Å². The number of hydrogen-bond donors (Lipinski definition) is 1. The van der Waals surface area contributed by atoms with Gasteiger partial charge in [0.1, 0.15) is 5.78 Å². The molecule has 1 heterocycles. The standard InChI is InChI=1S/C21H37NO3/c1-15-17(23)9-13-20(6)12-8-16(14-21(15,20)24)25-22-18(2,3)10-7-11-19(22,4)5/h15-16,24H,7-14H2,1-6H3/t15-,16+,20+,21+/m0/s1. The zero-order valence-electron chi connectivity index (χ0n) is 17.0. The fraction of sp³-hybridized carbons (Fsp3) is 0.952. The molecule has 0 bridgehead atoms. The van der Waals surface area contributed by atoms with Crippen LogP contribution in [0.2, 0.25) is 0 Å². The minimum atomic E-state index is -0.935. The van der Waals surface area contributed by atoms with E-state index < -0.39 is 5.60 Å². The van der Waals surface area contributed by atoms with Crippen LogP contribution in [-0.4, -0.2) is 38.7 Å². The smallest absolute Gasteiger partial charge is 0.138 e. The lowest BCUT2D eigenvalue weighted by atomic mass is 9.53. The summed E-state index contributed by atoms with van der Waals surface area (Å²) in [5.74, 6) is -0.0840. The first-order valence-corrected chi connectivity index (χ1v) is 10.1. The number of hydrogen-bond acceptors (Lipinski definition) is 4. The highest BCUT2D eigenvalue weighted by atomic mass is 16.7. The first-order chi connectivity index (χ1) is 11.4. The van der Waals surface area contributed by atoms with E-state index in [4.69, 9.17) is 4.84 Å². The molecule has 3 fully saturated rings. The van der Waals surface area contributed by atoms with Crippen molar-refractivity contribution in [2.75, 3.05) is 0 Å². The third-order valence-electron chi connectivity index (χ3n) is 7.66. The number of nitrogens with zero attached hydrogens (tertiary/aromatic N) is 1. The molecule has 0 aromatic rings.